The van der Waals surface area contributed by atoms with E-state index in [4.69, 9.17) is 5.26 Å². The first-order valence-electron chi connectivity index (χ1n) is 4.49. The second kappa shape index (κ2) is 4.99. The molecule has 1 unspecified atom stereocenters. The van der Waals surface area contributed by atoms with E-state index >= 15 is 0 Å². The third-order valence-electron chi connectivity index (χ3n) is 1.92. The van der Waals surface area contributed by atoms with Gasteiger partial charge in [0.25, 0.3) is 0 Å². The van der Waals surface area contributed by atoms with Crippen molar-refractivity contribution < 1.29 is 22.0 Å². The molecule has 0 saturated carbocycles. The van der Waals surface area contributed by atoms with Gasteiger partial charge in [0.2, 0.25) is 0 Å². The Labute approximate surface area is 93.7 Å². The van der Waals surface area contributed by atoms with Crippen LogP contribution in [0.3, 0.4) is 0 Å². The maximum Gasteiger partial charge on any atom is 0.406 e. The molecule has 1 N–H and O–H groups in total. The van der Waals surface area contributed by atoms with Crippen LogP contribution in [0.2, 0.25) is 0 Å². The molecule has 1 aromatic carbocycles. The minimum Gasteiger partial charge on any atom is -0.383 e. The maximum absolute atomic E-state index is 12.7. The number of nitrogens with one attached hydrogen (secondary N) is 1. The number of benzene rings is 1. The molecule has 0 amide bonds. The smallest absolute Gasteiger partial charge is 0.383 e. The lowest BCUT2D eigenvalue weighted by Crippen LogP contribution is -2.28. The first kappa shape index (κ1) is 13.2. The summed E-state index contributed by atoms with van der Waals surface area (Å²) in [5.74, 6) is -4.05. The second-order valence-electron chi connectivity index (χ2n) is 3.26. The Bertz CT molecular complexity index is 415. The van der Waals surface area contributed by atoms with Gasteiger partial charge in [0.05, 0.1) is 6.07 Å². The summed E-state index contributed by atoms with van der Waals surface area (Å²) in [6.07, 6.45) is -4.67. The summed E-state index contributed by atoms with van der Waals surface area (Å²) in [5, 5.41) is 10.5. The fourth-order valence-electron chi connectivity index (χ4n) is 1.11. The monoisotopic (exact) mass is 250 g/mol. The Balaban J connectivity index is 2.70. The van der Waals surface area contributed by atoms with Gasteiger partial charge in [-0.25, -0.2) is 8.78 Å². The first-order chi connectivity index (χ1) is 7.82. The molecular formula is C10H7F5N2. The molecule has 0 radical (unpaired) electrons. The predicted octanol–water partition coefficient (Wildman–Crippen LogP) is 3.08. The molecule has 1 atom stereocenters. The molecule has 17 heavy (non-hydrogen) atoms. The van der Waals surface area contributed by atoms with Crippen molar-refractivity contribution in [2.45, 2.75) is 6.18 Å². The van der Waals surface area contributed by atoms with Crippen molar-refractivity contribution in [1.82, 2.24) is 0 Å². The van der Waals surface area contributed by atoms with Gasteiger partial charge in [-0.15, -0.1) is 0 Å². The number of halogens is 5. The topological polar surface area (TPSA) is 35.8 Å². The Kier molecular flexibility index (Phi) is 3.89. The van der Waals surface area contributed by atoms with Crippen LogP contribution < -0.4 is 5.32 Å². The fourth-order valence-corrected chi connectivity index (χ4v) is 1.11. The highest BCUT2D eigenvalue weighted by Gasteiger charge is 2.39. The molecule has 1 rings (SSSR count). The van der Waals surface area contributed by atoms with Crippen molar-refractivity contribution in [1.29, 1.82) is 5.26 Å². The van der Waals surface area contributed by atoms with Crippen molar-refractivity contribution in [3.05, 3.63) is 29.8 Å². The minimum absolute atomic E-state index is 0.146. The third kappa shape index (κ3) is 3.90. The van der Waals surface area contributed by atoms with E-state index in [0.29, 0.717) is 6.07 Å². The van der Waals surface area contributed by atoms with Gasteiger partial charge < -0.3 is 5.32 Å². The highest BCUT2D eigenvalue weighted by atomic mass is 19.4. The Morgan fingerprint density at radius 2 is 1.71 bits per heavy atom. The van der Waals surface area contributed by atoms with Crippen LogP contribution in [-0.4, -0.2) is 12.7 Å². The van der Waals surface area contributed by atoms with Gasteiger partial charge in [-0.1, -0.05) is 0 Å². The van der Waals surface area contributed by atoms with E-state index < -0.39 is 30.3 Å². The van der Waals surface area contributed by atoms with Gasteiger partial charge in [-0.05, 0) is 12.1 Å². The van der Waals surface area contributed by atoms with Gasteiger partial charge in [0.1, 0.15) is 11.6 Å². The summed E-state index contributed by atoms with van der Waals surface area (Å²) in [6, 6.07) is 3.34. The average molecular weight is 250 g/mol. The van der Waals surface area contributed by atoms with E-state index in [1.165, 1.54) is 0 Å². The predicted molar refractivity (Wildman–Crippen MR) is 50.0 cm³/mol. The Morgan fingerprint density at radius 3 is 2.12 bits per heavy atom. The molecule has 2 nitrogen and oxygen atoms in total. The van der Waals surface area contributed by atoms with Crippen molar-refractivity contribution in [2.75, 3.05) is 11.9 Å². The zero-order valence-electron chi connectivity index (χ0n) is 8.35. The highest BCUT2D eigenvalue weighted by Crippen LogP contribution is 2.26. The summed E-state index contributed by atoms with van der Waals surface area (Å²) in [4.78, 5) is 0. The van der Waals surface area contributed by atoms with Crippen LogP contribution in [-0.2, 0) is 0 Å². The average Bonchev–Trinajstić information content (AvgIpc) is 2.14. The van der Waals surface area contributed by atoms with Gasteiger partial charge in [-0.3, -0.25) is 0 Å². The zero-order valence-corrected chi connectivity index (χ0v) is 8.35. The van der Waals surface area contributed by atoms with Gasteiger partial charge in [-0.2, -0.15) is 18.4 Å². The lowest BCUT2D eigenvalue weighted by atomic mass is 10.1. The van der Waals surface area contributed by atoms with Crippen LogP contribution in [0.4, 0.5) is 27.6 Å². The van der Waals surface area contributed by atoms with E-state index in [9.17, 15) is 22.0 Å². The van der Waals surface area contributed by atoms with E-state index in [-0.39, 0.29) is 5.69 Å². The zero-order chi connectivity index (χ0) is 13.1. The van der Waals surface area contributed by atoms with Crippen molar-refractivity contribution in [3.63, 3.8) is 0 Å². The lowest BCUT2D eigenvalue weighted by molar-refractivity contribution is -0.155. The molecule has 0 bridgehead atoms. The number of nitrogens with zero attached hydrogens (tertiary/aromatic N) is 1. The van der Waals surface area contributed by atoms with Gasteiger partial charge in [0.15, 0.2) is 5.92 Å². The van der Waals surface area contributed by atoms with Crippen LogP contribution in [0.25, 0.3) is 0 Å². The van der Waals surface area contributed by atoms with E-state index in [2.05, 4.69) is 5.32 Å². The summed E-state index contributed by atoms with van der Waals surface area (Å²) in [6.45, 7) is -0.761. The number of alkyl halides is 3. The lowest BCUT2D eigenvalue weighted by Gasteiger charge is -2.14. The minimum atomic E-state index is -4.67. The summed E-state index contributed by atoms with van der Waals surface area (Å²) in [7, 11) is 0. The summed E-state index contributed by atoms with van der Waals surface area (Å²) < 4.78 is 61.9. The van der Waals surface area contributed by atoms with E-state index in [1.54, 1.807) is 0 Å². The molecule has 7 heteroatoms. The normalized spacial score (nSPS) is 12.9. The molecule has 0 spiro atoms. The number of nitriles is 1. The fraction of sp³-hybridized carbons (Fsp3) is 0.300. The molecule has 0 aliphatic carbocycles. The Morgan fingerprint density at radius 1 is 1.18 bits per heavy atom. The summed E-state index contributed by atoms with van der Waals surface area (Å²) in [5.41, 5.74) is -0.146. The quantitative estimate of drug-likeness (QED) is 0.837. The molecule has 0 aliphatic heterocycles. The number of hydrogen-bond acceptors (Lipinski definition) is 2. The molecule has 0 aliphatic rings. The standard InChI is InChI=1S/C10H7F5N2/c11-7-1-8(12)3-9(2-7)17-5-6(4-16)10(13,14)15/h1-3,6,17H,5H2. The third-order valence-corrected chi connectivity index (χ3v) is 1.92. The number of hydrogen-bond donors (Lipinski definition) is 1. The molecule has 92 valence electrons. The van der Waals surface area contributed by atoms with Crippen LogP contribution >= 0.6 is 0 Å². The number of rotatable bonds is 3. The Hall–Kier alpha value is -1.84. The molecule has 0 aromatic heterocycles. The SMILES string of the molecule is N#CC(CNc1cc(F)cc(F)c1)C(F)(F)F. The maximum atomic E-state index is 12.7. The van der Waals surface area contributed by atoms with E-state index in [1.807, 2.05) is 0 Å². The van der Waals surface area contributed by atoms with Crippen molar-refractivity contribution >= 4 is 5.69 Å². The largest absolute Gasteiger partial charge is 0.406 e. The van der Waals surface area contributed by atoms with Crippen molar-refractivity contribution in [2.24, 2.45) is 5.92 Å². The first-order valence-corrected chi connectivity index (χ1v) is 4.49. The molecule has 1 aromatic rings. The van der Waals surface area contributed by atoms with E-state index in [0.717, 1.165) is 18.2 Å². The highest BCUT2D eigenvalue weighted by molar-refractivity contribution is 5.43. The van der Waals surface area contributed by atoms with Crippen LogP contribution in [0.1, 0.15) is 0 Å². The molecule has 0 heterocycles. The van der Waals surface area contributed by atoms with Crippen LogP contribution in [0.5, 0.6) is 0 Å². The van der Waals surface area contributed by atoms with Crippen LogP contribution in [0.15, 0.2) is 18.2 Å². The van der Waals surface area contributed by atoms with Crippen LogP contribution in [0, 0.1) is 28.9 Å². The molecule has 0 saturated heterocycles. The molecule has 0 fully saturated rings. The van der Waals surface area contributed by atoms with Crippen molar-refractivity contribution in [3.8, 4) is 6.07 Å². The second-order valence-corrected chi connectivity index (χ2v) is 3.26. The summed E-state index contributed by atoms with van der Waals surface area (Å²) >= 11 is 0. The van der Waals surface area contributed by atoms with Gasteiger partial charge >= 0.3 is 6.18 Å². The number of anilines is 1. The molecular weight excluding hydrogens is 243 g/mol. The van der Waals surface area contributed by atoms with Gasteiger partial charge in [0, 0.05) is 18.3 Å².